The van der Waals surface area contributed by atoms with Gasteiger partial charge in [-0.25, -0.2) is 4.98 Å². The monoisotopic (exact) mass is 452 g/mol. The zero-order valence-electron chi connectivity index (χ0n) is 20.7. The number of ether oxygens (including phenoxy) is 3. The number of rotatable bonds is 16. The van der Waals surface area contributed by atoms with Crippen molar-refractivity contribution >= 4 is 16.5 Å². The van der Waals surface area contributed by atoms with Gasteiger partial charge in [0.15, 0.2) is 0 Å². The maximum absolute atomic E-state index is 6.26. The van der Waals surface area contributed by atoms with Gasteiger partial charge in [0.2, 0.25) is 0 Å². The summed E-state index contributed by atoms with van der Waals surface area (Å²) < 4.78 is 17.9. The van der Waals surface area contributed by atoms with Gasteiger partial charge in [-0.2, -0.15) is 0 Å². The number of pyridine rings is 1. The third-order valence-corrected chi connectivity index (χ3v) is 5.25. The zero-order chi connectivity index (χ0) is 23.9. The molecule has 0 aliphatic carbocycles. The minimum absolute atomic E-state index is 0.152. The average Bonchev–Trinajstić information content (AvgIpc) is 2.84. The summed E-state index contributed by atoms with van der Waals surface area (Å²) in [6, 6.07) is 10.2. The molecule has 0 bridgehead atoms. The molecule has 0 aliphatic heterocycles. The van der Waals surface area contributed by atoms with Gasteiger partial charge in [0.1, 0.15) is 11.9 Å². The number of aromatic nitrogens is 1. The van der Waals surface area contributed by atoms with Crippen LogP contribution in [0, 0.1) is 0 Å². The summed E-state index contributed by atoms with van der Waals surface area (Å²) in [4.78, 5) is 4.88. The van der Waals surface area contributed by atoms with Crippen molar-refractivity contribution < 1.29 is 14.2 Å². The third-order valence-electron chi connectivity index (χ3n) is 5.25. The summed E-state index contributed by atoms with van der Waals surface area (Å²) in [7, 11) is 1.86. The van der Waals surface area contributed by atoms with Gasteiger partial charge in [-0.3, -0.25) is 0 Å². The van der Waals surface area contributed by atoms with E-state index in [0.29, 0.717) is 13.2 Å². The fourth-order valence-electron chi connectivity index (χ4n) is 3.17. The van der Waals surface area contributed by atoms with Crippen molar-refractivity contribution in [1.29, 1.82) is 0 Å². The van der Waals surface area contributed by atoms with Gasteiger partial charge in [-0.05, 0) is 49.6 Å². The van der Waals surface area contributed by atoms with Crippen molar-refractivity contribution in [2.45, 2.75) is 52.6 Å². The molecular weight excluding hydrogens is 412 g/mol. The highest BCUT2D eigenvalue weighted by Crippen LogP contribution is 2.24. The first-order chi connectivity index (χ1) is 16.1. The van der Waals surface area contributed by atoms with Crippen molar-refractivity contribution in [2.24, 2.45) is 0 Å². The second-order valence-electron chi connectivity index (χ2n) is 8.00. The van der Waals surface area contributed by atoms with E-state index >= 15 is 0 Å². The maximum atomic E-state index is 6.26. The van der Waals surface area contributed by atoms with Crippen molar-refractivity contribution in [3.05, 3.63) is 66.5 Å². The lowest BCUT2D eigenvalue weighted by Gasteiger charge is -2.20. The molecule has 1 aromatic carbocycles. The topological polar surface area (TPSA) is 52.6 Å². The molecule has 5 nitrogen and oxygen atoms in total. The van der Waals surface area contributed by atoms with E-state index in [4.69, 9.17) is 19.2 Å². The van der Waals surface area contributed by atoms with Crippen LogP contribution >= 0.6 is 0 Å². The Morgan fingerprint density at radius 1 is 1.03 bits per heavy atom. The lowest BCUT2D eigenvalue weighted by Crippen LogP contribution is -2.29. The molecule has 33 heavy (non-hydrogen) atoms. The fourth-order valence-corrected chi connectivity index (χ4v) is 3.17. The molecule has 5 heteroatoms. The average molecular weight is 453 g/mol. The fraction of sp³-hybridized carbons (Fsp3) is 0.464. The summed E-state index contributed by atoms with van der Waals surface area (Å²) in [5.74, 6) is 0.775. The van der Waals surface area contributed by atoms with Crippen LogP contribution in [-0.4, -0.2) is 44.6 Å². The summed E-state index contributed by atoms with van der Waals surface area (Å²) in [6.07, 6.45) is 10.2. The summed E-state index contributed by atoms with van der Waals surface area (Å²) in [5, 5.41) is 4.10. The molecule has 0 spiro atoms. The summed E-state index contributed by atoms with van der Waals surface area (Å²) in [6.45, 7) is 12.8. The first-order valence-electron chi connectivity index (χ1n) is 12.1. The molecule has 2 aromatic rings. The molecule has 1 heterocycles. The van der Waals surface area contributed by atoms with Crippen molar-refractivity contribution in [1.82, 2.24) is 10.3 Å². The zero-order valence-corrected chi connectivity index (χ0v) is 20.7. The molecule has 0 aliphatic rings. The minimum Gasteiger partial charge on any atom is -0.486 e. The number of nitrogens with one attached hydrogen (secondary N) is 1. The van der Waals surface area contributed by atoms with E-state index < -0.39 is 0 Å². The Morgan fingerprint density at radius 3 is 2.30 bits per heavy atom. The van der Waals surface area contributed by atoms with Crippen LogP contribution in [0.25, 0.3) is 16.5 Å². The third kappa shape index (κ3) is 9.40. The smallest absolute Gasteiger partial charge is 0.145 e. The van der Waals surface area contributed by atoms with E-state index in [1.165, 1.54) is 0 Å². The molecule has 0 radical (unpaired) electrons. The molecular formula is C28H40N2O3. The normalized spacial score (nSPS) is 12.1. The van der Waals surface area contributed by atoms with Gasteiger partial charge >= 0.3 is 0 Å². The Morgan fingerprint density at radius 2 is 1.70 bits per heavy atom. The van der Waals surface area contributed by atoms with E-state index in [1.54, 1.807) is 0 Å². The number of hydrogen-bond donors (Lipinski definition) is 1. The lowest BCUT2D eigenvalue weighted by atomic mass is 10.1. The predicted octanol–water partition coefficient (Wildman–Crippen LogP) is 6.31. The number of benzene rings is 1. The van der Waals surface area contributed by atoms with Gasteiger partial charge in [-0.1, -0.05) is 51.5 Å². The number of unbranched alkanes of at least 4 members (excludes halogenated alkanes) is 2. The standard InChI is InChI=1S/C28H40N2O3/c1-6-9-17-31-20-26(21-32-18-10-7-2)33-25-15-13-24-14-16-27(30-28(24)19-25)23(8-3)12-11-22(4)29-5/h8,11-16,19,26,29H,4,6-7,9-10,17-18,20-21H2,1-3,5H3/b12-11-,23-8+. The molecule has 2 rings (SSSR count). The van der Waals surface area contributed by atoms with Crippen LogP contribution in [0.1, 0.15) is 52.1 Å². The Kier molecular flexibility index (Phi) is 12.3. The van der Waals surface area contributed by atoms with E-state index in [-0.39, 0.29) is 6.10 Å². The van der Waals surface area contributed by atoms with Crippen molar-refractivity contribution in [3.63, 3.8) is 0 Å². The van der Waals surface area contributed by atoms with Crippen LogP contribution in [0.5, 0.6) is 5.75 Å². The Bertz CT molecular complexity index is 908. The van der Waals surface area contributed by atoms with E-state index in [1.807, 2.05) is 56.5 Å². The summed E-state index contributed by atoms with van der Waals surface area (Å²) >= 11 is 0. The molecule has 0 saturated heterocycles. The van der Waals surface area contributed by atoms with Gasteiger partial charge < -0.3 is 19.5 Å². The number of hydrogen-bond acceptors (Lipinski definition) is 5. The van der Waals surface area contributed by atoms with E-state index in [0.717, 1.165) is 72.5 Å². The Balaban J connectivity index is 2.16. The van der Waals surface area contributed by atoms with Gasteiger partial charge in [0.05, 0.1) is 24.4 Å². The first-order valence-corrected chi connectivity index (χ1v) is 12.1. The van der Waals surface area contributed by atoms with Crippen LogP contribution < -0.4 is 10.1 Å². The van der Waals surface area contributed by atoms with Gasteiger partial charge in [0.25, 0.3) is 0 Å². The maximum Gasteiger partial charge on any atom is 0.145 e. The Labute approximate surface area is 199 Å². The SMILES string of the molecule is C=C(/C=C\C(=C/C)c1ccc2ccc(OC(COCCCC)COCCCC)cc2n1)NC. The highest BCUT2D eigenvalue weighted by atomic mass is 16.6. The molecule has 1 N–H and O–H groups in total. The van der Waals surface area contributed by atoms with Crippen molar-refractivity contribution in [2.75, 3.05) is 33.5 Å². The van der Waals surface area contributed by atoms with Crippen LogP contribution in [0.2, 0.25) is 0 Å². The lowest BCUT2D eigenvalue weighted by molar-refractivity contribution is -0.00731. The van der Waals surface area contributed by atoms with Crippen LogP contribution in [0.3, 0.4) is 0 Å². The quantitative estimate of drug-likeness (QED) is 0.239. The number of allylic oxidation sites excluding steroid dienone is 4. The highest BCUT2D eigenvalue weighted by Gasteiger charge is 2.13. The number of fused-ring (bicyclic) bond motifs is 1. The molecule has 1 aromatic heterocycles. The van der Waals surface area contributed by atoms with Gasteiger partial charge in [0, 0.05) is 37.4 Å². The molecule has 0 atom stereocenters. The number of nitrogens with zero attached hydrogens (tertiary/aromatic N) is 1. The number of likely N-dealkylation sites (N-methyl/N-ethyl adjacent to an activating group) is 1. The van der Waals surface area contributed by atoms with Gasteiger partial charge in [-0.15, -0.1) is 0 Å². The molecule has 180 valence electrons. The van der Waals surface area contributed by atoms with Crippen LogP contribution in [0.4, 0.5) is 0 Å². The molecule has 0 saturated carbocycles. The minimum atomic E-state index is -0.152. The van der Waals surface area contributed by atoms with E-state index in [9.17, 15) is 0 Å². The molecule has 0 fully saturated rings. The first kappa shape index (κ1) is 26.6. The van der Waals surface area contributed by atoms with Crippen LogP contribution in [-0.2, 0) is 9.47 Å². The molecule has 0 amide bonds. The predicted molar refractivity (Wildman–Crippen MR) is 139 cm³/mol. The summed E-state index contributed by atoms with van der Waals surface area (Å²) in [5.41, 5.74) is 3.68. The van der Waals surface area contributed by atoms with Crippen molar-refractivity contribution in [3.8, 4) is 5.75 Å². The second kappa shape index (κ2) is 15.3. The molecule has 0 unspecified atom stereocenters. The van der Waals surface area contributed by atoms with Crippen LogP contribution in [0.15, 0.2) is 60.8 Å². The largest absolute Gasteiger partial charge is 0.486 e. The Hall–Kier alpha value is -2.63. The second-order valence-corrected chi connectivity index (χ2v) is 8.00. The highest BCUT2D eigenvalue weighted by molar-refractivity contribution is 5.83. The van der Waals surface area contributed by atoms with E-state index in [2.05, 4.69) is 31.8 Å².